The standard InChI is InChI=1S/C16H17NO4/c1-17-12-8-4-3-6-10(12)11-7-5-9-13(18)16(11,14(17)19)15(20)21-2/h3-6,8-9,11,13,18H,7H2,1-2H3/t11-,13-,16-/m0/s1. The molecule has 0 unspecified atom stereocenters. The van der Waals surface area contributed by atoms with E-state index < -0.39 is 29.3 Å². The highest BCUT2D eigenvalue weighted by Crippen LogP contribution is 2.52. The first-order valence-corrected chi connectivity index (χ1v) is 6.85. The number of esters is 1. The topological polar surface area (TPSA) is 66.8 Å². The number of aliphatic hydroxyl groups excluding tert-OH is 1. The monoisotopic (exact) mass is 287 g/mol. The third kappa shape index (κ3) is 1.61. The predicted octanol–water partition coefficient (Wildman–Crippen LogP) is 1.23. The Bertz CT molecular complexity index is 639. The van der Waals surface area contributed by atoms with Crippen LogP contribution < -0.4 is 4.90 Å². The summed E-state index contributed by atoms with van der Waals surface area (Å²) < 4.78 is 4.87. The Hall–Kier alpha value is -2.14. The second kappa shape index (κ2) is 4.70. The molecule has 1 N–H and O–H groups in total. The van der Waals surface area contributed by atoms with Crippen molar-refractivity contribution < 1.29 is 19.4 Å². The normalized spacial score (nSPS) is 30.6. The molecule has 3 rings (SSSR count). The maximum atomic E-state index is 12.9. The fourth-order valence-electron chi connectivity index (χ4n) is 3.53. The minimum atomic E-state index is -1.59. The lowest BCUT2D eigenvalue weighted by atomic mass is 9.61. The summed E-state index contributed by atoms with van der Waals surface area (Å²) in [5, 5.41) is 10.4. The van der Waals surface area contributed by atoms with Crippen molar-refractivity contribution in [1.29, 1.82) is 0 Å². The average Bonchev–Trinajstić information content (AvgIpc) is 2.52. The van der Waals surface area contributed by atoms with Gasteiger partial charge in [0.25, 0.3) is 0 Å². The highest BCUT2D eigenvalue weighted by atomic mass is 16.5. The van der Waals surface area contributed by atoms with Crippen molar-refractivity contribution in [3.63, 3.8) is 0 Å². The first kappa shape index (κ1) is 13.8. The van der Waals surface area contributed by atoms with Gasteiger partial charge in [-0.15, -0.1) is 0 Å². The number of aliphatic hydroxyl groups is 1. The summed E-state index contributed by atoms with van der Waals surface area (Å²) in [5.41, 5.74) is 0.0648. The Morgan fingerprint density at radius 3 is 2.86 bits per heavy atom. The predicted molar refractivity (Wildman–Crippen MR) is 76.8 cm³/mol. The summed E-state index contributed by atoms with van der Waals surface area (Å²) in [6.45, 7) is 0. The van der Waals surface area contributed by atoms with E-state index in [0.29, 0.717) is 6.42 Å². The molecule has 1 aliphatic heterocycles. The maximum absolute atomic E-state index is 12.9. The number of para-hydroxylation sites is 1. The van der Waals surface area contributed by atoms with Gasteiger partial charge in [0.2, 0.25) is 5.91 Å². The zero-order valence-electron chi connectivity index (χ0n) is 11.9. The molecule has 5 nitrogen and oxygen atoms in total. The zero-order valence-corrected chi connectivity index (χ0v) is 11.9. The molecule has 1 heterocycles. The van der Waals surface area contributed by atoms with Gasteiger partial charge in [0.05, 0.1) is 13.2 Å². The number of ether oxygens (including phenoxy) is 1. The van der Waals surface area contributed by atoms with Crippen LogP contribution in [0.15, 0.2) is 36.4 Å². The van der Waals surface area contributed by atoms with Gasteiger partial charge < -0.3 is 14.7 Å². The first-order chi connectivity index (χ1) is 10.0. The molecule has 0 bridgehead atoms. The molecule has 3 atom stereocenters. The van der Waals surface area contributed by atoms with Crippen molar-refractivity contribution in [1.82, 2.24) is 0 Å². The summed E-state index contributed by atoms with van der Waals surface area (Å²) in [7, 11) is 2.86. The van der Waals surface area contributed by atoms with E-state index in [1.807, 2.05) is 30.3 Å². The summed E-state index contributed by atoms with van der Waals surface area (Å²) in [6, 6.07) is 7.46. The molecule has 5 heteroatoms. The molecular weight excluding hydrogens is 270 g/mol. The van der Waals surface area contributed by atoms with E-state index in [1.54, 1.807) is 7.05 Å². The van der Waals surface area contributed by atoms with E-state index in [-0.39, 0.29) is 0 Å². The maximum Gasteiger partial charge on any atom is 0.325 e. The Kier molecular flexibility index (Phi) is 3.10. The van der Waals surface area contributed by atoms with Gasteiger partial charge in [0.15, 0.2) is 5.41 Å². The SMILES string of the molecule is COC(=O)[C@@]12C(=O)N(C)c3ccccc3[C@@H]1CC=C[C@@H]2O. The van der Waals surface area contributed by atoms with Gasteiger partial charge >= 0.3 is 5.97 Å². The Balaban J connectivity index is 2.29. The summed E-state index contributed by atoms with van der Waals surface area (Å²) >= 11 is 0. The molecule has 0 saturated carbocycles. The number of nitrogens with zero attached hydrogens (tertiary/aromatic N) is 1. The van der Waals surface area contributed by atoms with Gasteiger partial charge in [-0.05, 0) is 18.1 Å². The quantitative estimate of drug-likeness (QED) is 0.479. The van der Waals surface area contributed by atoms with Crippen LogP contribution in [0.3, 0.4) is 0 Å². The molecular formula is C16H17NO4. The highest BCUT2D eigenvalue weighted by Gasteiger charge is 2.62. The van der Waals surface area contributed by atoms with Gasteiger partial charge in [-0.3, -0.25) is 9.59 Å². The van der Waals surface area contributed by atoms with Crippen LogP contribution in [0, 0.1) is 5.41 Å². The van der Waals surface area contributed by atoms with Crippen LogP contribution in [0.25, 0.3) is 0 Å². The molecule has 0 fully saturated rings. The molecule has 1 amide bonds. The second-order valence-electron chi connectivity index (χ2n) is 5.44. The van der Waals surface area contributed by atoms with E-state index in [1.165, 1.54) is 18.1 Å². The number of carbonyl (C=O) groups is 2. The Morgan fingerprint density at radius 1 is 1.43 bits per heavy atom. The Morgan fingerprint density at radius 2 is 2.14 bits per heavy atom. The minimum absolute atomic E-state index is 0.412. The van der Waals surface area contributed by atoms with Gasteiger partial charge in [0.1, 0.15) is 0 Å². The third-order valence-electron chi connectivity index (χ3n) is 4.56. The number of hydrogen-bond donors (Lipinski definition) is 1. The lowest BCUT2D eigenvalue weighted by molar-refractivity contribution is -0.167. The lowest BCUT2D eigenvalue weighted by Crippen LogP contribution is -2.61. The molecule has 0 aromatic heterocycles. The summed E-state index contributed by atoms with van der Waals surface area (Å²) in [5.74, 6) is -1.52. The zero-order chi connectivity index (χ0) is 15.2. The molecule has 1 aliphatic carbocycles. The van der Waals surface area contributed by atoms with Crippen molar-refractivity contribution in [2.45, 2.75) is 18.4 Å². The molecule has 1 aromatic rings. The number of hydrogen-bond acceptors (Lipinski definition) is 4. The van der Waals surface area contributed by atoms with Crippen LogP contribution in [0.1, 0.15) is 17.9 Å². The van der Waals surface area contributed by atoms with Crippen LogP contribution in [0.5, 0.6) is 0 Å². The minimum Gasteiger partial charge on any atom is -0.468 e. The van der Waals surface area contributed by atoms with Crippen LogP contribution in [-0.2, 0) is 14.3 Å². The van der Waals surface area contributed by atoms with E-state index in [2.05, 4.69) is 0 Å². The average molecular weight is 287 g/mol. The van der Waals surface area contributed by atoms with Crippen LogP contribution in [0.4, 0.5) is 5.69 Å². The number of rotatable bonds is 1. The van der Waals surface area contributed by atoms with Crippen molar-refractivity contribution in [3.05, 3.63) is 42.0 Å². The summed E-state index contributed by atoms with van der Waals surface area (Å²) in [6.07, 6.45) is 2.65. The largest absolute Gasteiger partial charge is 0.468 e. The lowest BCUT2D eigenvalue weighted by Gasteiger charge is -2.47. The molecule has 0 saturated heterocycles. The van der Waals surface area contributed by atoms with Gasteiger partial charge in [0, 0.05) is 18.7 Å². The second-order valence-corrected chi connectivity index (χ2v) is 5.44. The van der Waals surface area contributed by atoms with E-state index >= 15 is 0 Å². The van der Waals surface area contributed by atoms with Crippen molar-refractivity contribution >= 4 is 17.6 Å². The number of carbonyl (C=O) groups excluding carboxylic acids is 2. The van der Waals surface area contributed by atoms with E-state index in [0.717, 1.165) is 11.3 Å². The van der Waals surface area contributed by atoms with Crippen LogP contribution >= 0.6 is 0 Å². The fourth-order valence-corrected chi connectivity index (χ4v) is 3.53. The first-order valence-electron chi connectivity index (χ1n) is 6.85. The van der Waals surface area contributed by atoms with Gasteiger partial charge in [-0.25, -0.2) is 0 Å². The van der Waals surface area contributed by atoms with E-state index in [4.69, 9.17) is 4.74 Å². The van der Waals surface area contributed by atoms with Crippen molar-refractivity contribution in [3.8, 4) is 0 Å². The van der Waals surface area contributed by atoms with Crippen molar-refractivity contribution in [2.75, 3.05) is 19.1 Å². The molecule has 1 aromatic carbocycles. The highest BCUT2D eigenvalue weighted by molar-refractivity contribution is 6.14. The van der Waals surface area contributed by atoms with Gasteiger partial charge in [-0.2, -0.15) is 0 Å². The van der Waals surface area contributed by atoms with Crippen molar-refractivity contribution in [2.24, 2.45) is 5.41 Å². The number of benzene rings is 1. The van der Waals surface area contributed by atoms with Crippen LogP contribution in [-0.4, -0.2) is 37.2 Å². The molecule has 21 heavy (non-hydrogen) atoms. The molecule has 2 aliphatic rings. The number of methoxy groups -OCH3 is 1. The van der Waals surface area contributed by atoms with Gasteiger partial charge in [-0.1, -0.05) is 30.4 Å². The summed E-state index contributed by atoms with van der Waals surface area (Å²) in [4.78, 5) is 26.8. The Labute approximate surface area is 122 Å². The smallest absolute Gasteiger partial charge is 0.325 e. The fraction of sp³-hybridized carbons (Fsp3) is 0.375. The number of amides is 1. The molecule has 110 valence electrons. The number of fused-ring (bicyclic) bond motifs is 3. The third-order valence-corrected chi connectivity index (χ3v) is 4.56. The molecule has 0 radical (unpaired) electrons. The molecule has 0 spiro atoms. The van der Waals surface area contributed by atoms with Crippen LogP contribution in [0.2, 0.25) is 0 Å². The van der Waals surface area contributed by atoms with E-state index in [9.17, 15) is 14.7 Å². The number of allylic oxidation sites excluding steroid dienone is 1. The number of anilines is 1.